The average Bonchev–Trinajstić information content (AvgIpc) is 2.35. The molecule has 0 fully saturated rings. The minimum Gasteiger partial charge on any atom is -0.465 e. The van der Waals surface area contributed by atoms with Crippen LogP contribution in [0.5, 0.6) is 0 Å². The molecule has 0 aromatic carbocycles. The number of nitrogens with two attached hydrogens (primary N) is 4. The van der Waals surface area contributed by atoms with Gasteiger partial charge >= 0.3 is 17.1 Å². The van der Waals surface area contributed by atoms with E-state index in [4.69, 9.17) is 32.4 Å². The van der Waals surface area contributed by atoms with Gasteiger partial charge in [-0.3, -0.25) is 0 Å². The number of amidine groups is 2. The molecule has 0 saturated heterocycles. The van der Waals surface area contributed by atoms with Crippen molar-refractivity contribution < 1.29 is 26.5 Å². The third-order valence-electron chi connectivity index (χ3n) is 1.68. The van der Waals surface area contributed by atoms with Crippen molar-refractivity contribution in [3.63, 3.8) is 0 Å². The van der Waals surface area contributed by atoms with Gasteiger partial charge in [-0.2, -0.15) is 9.98 Å². The molecule has 0 rings (SSSR count). The Kier molecular flexibility index (Phi) is 13.2. The van der Waals surface area contributed by atoms with Gasteiger partial charge in [-0.05, 0) is 13.8 Å². The Morgan fingerprint density at radius 2 is 1.10 bits per heavy atom. The number of guanidine groups is 2. The molecule has 0 aromatic rings. The SMILES string of the molecule is CCOC(N)=NC(N)=NCCN=C(N)N=C(N)OCC.[Cu+2]. The normalized spacial score (nSPS) is 13.6. The van der Waals surface area contributed by atoms with Crippen molar-refractivity contribution in [2.75, 3.05) is 26.3 Å². The second kappa shape index (κ2) is 13.0. The minimum atomic E-state index is -0.0362. The van der Waals surface area contributed by atoms with Crippen LogP contribution in [0, 0.1) is 0 Å². The predicted molar refractivity (Wildman–Crippen MR) is 79.5 cm³/mol. The maximum atomic E-state index is 5.50. The fourth-order valence-electron chi connectivity index (χ4n) is 0.986. The first-order valence-electron chi connectivity index (χ1n) is 6.03. The Hall–Kier alpha value is -2.00. The van der Waals surface area contributed by atoms with Gasteiger partial charge < -0.3 is 32.4 Å². The van der Waals surface area contributed by atoms with E-state index >= 15 is 0 Å². The molecule has 10 nitrogen and oxygen atoms in total. The number of aliphatic imine (C=N–C) groups is 4. The molecule has 21 heavy (non-hydrogen) atoms. The van der Waals surface area contributed by atoms with Crippen molar-refractivity contribution in [3.8, 4) is 0 Å². The van der Waals surface area contributed by atoms with Crippen molar-refractivity contribution >= 4 is 24.0 Å². The van der Waals surface area contributed by atoms with Crippen LogP contribution in [0.2, 0.25) is 0 Å². The standard InChI is InChI=1S/C10H22N8O2.Cu/c1-3-19-9(13)17-7(11)15-5-6-16-8(12)18-10(14)20-4-2;/h3-6H2,1-2H3,(H4,11,13,15,17)(H4,12,14,16,18);/q;+2. The Morgan fingerprint density at radius 1 is 0.762 bits per heavy atom. The summed E-state index contributed by atoms with van der Waals surface area (Å²) in [6, 6.07) is -0.0725. The summed E-state index contributed by atoms with van der Waals surface area (Å²) < 4.78 is 9.80. The first kappa shape index (κ1) is 21.3. The van der Waals surface area contributed by atoms with Gasteiger partial charge in [-0.1, -0.05) is 0 Å². The third-order valence-corrected chi connectivity index (χ3v) is 1.68. The van der Waals surface area contributed by atoms with Crippen LogP contribution in [-0.4, -0.2) is 50.3 Å². The summed E-state index contributed by atoms with van der Waals surface area (Å²) in [7, 11) is 0. The van der Waals surface area contributed by atoms with E-state index < -0.39 is 0 Å². The van der Waals surface area contributed by atoms with Gasteiger partial charge in [0.1, 0.15) is 0 Å². The quantitative estimate of drug-likeness (QED) is 0.199. The fraction of sp³-hybridized carbons (Fsp3) is 0.600. The van der Waals surface area contributed by atoms with Crippen molar-refractivity contribution in [2.24, 2.45) is 42.9 Å². The zero-order valence-electron chi connectivity index (χ0n) is 12.0. The average molecular weight is 350 g/mol. The third kappa shape index (κ3) is 12.8. The van der Waals surface area contributed by atoms with Gasteiger partial charge in [0.15, 0.2) is 0 Å². The second-order valence-electron chi connectivity index (χ2n) is 3.25. The predicted octanol–water partition coefficient (Wildman–Crippen LogP) is -1.68. The smallest absolute Gasteiger partial charge is 0.465 e. The van der Waals surface area contributed by atoms with Gasteiger partial charge in [-0.15, -0.1) is 0 Å². The van der Waals surface area contributed by atoms with Gasteiger partial charge in [-0.25, -0.2) is 9.98 Å². The number of hydrogen-bond donors (Lipinski definition) is 4. The zero-order chi connectivity index (χ0) is 15.4. The second-order valence-corrected chi connectivity index (χ2v) is 3.25. The first-order valence-corrected chi connectivity index (χ1v) is 6.03. The zero-order valence-corrected chi connectivity index (χ0v) is 13.0. The maximum absolute atomic E-state index is 5.50. The van der Waals surface area contributed by atoms with Crippen LogP contribution in [0.3, 0.4) is 0 Å². The van der Waals surface area contributed by atoms with Crippen LogP contribution in [0.15, 0.2) is 20.0 Å². The van der Waals surface area contributed by atoms with Crippen LogP contribution in [0.4, 0.5) is 0 Å². The molecule has 0 amide bonds. The summed E-state index contributed by atoms with van der Waals surface area (Å²) in [5.41, 5.74) is 21.8. The number of ether oxygens (including phenoxy) is 2. The van der Waals surface area contributed by atoms with Crippen molar-refractivity contribution in [2.45, 2.75) is 13.8 Å². The van der Waals surface area contributed by atoms with Gasteiger partial charge in [0, 0.05) is 0 Å². The van der Waals surface area contributed by atoms with Gasteiger partial charge in [0.25, 0.3) is 12.0 Å². The molecule has 0 unspecified atom stereocenters. The maximum Gasteiger partial charge on any atom is 2.00 e. The molecule has 0 bridgehead atoms. The molecule has 0 spiro atoms. The molecule has 1 radical (unpaired) electrons. The van der Waals surface area contributed by atoms with E-state index in [1.807, 2.05) is 0 Å². The van der Waals surface area contributed by atoms with Crippen molar-refractivity contribution in [1.29, 1.82) is 0 Å². The number of nitrogens with zero attached hydrogens (tertiary/aromatic N) is 4. The summed E-state index contributed by atoms with van der Waals surface area (Å²) >= 11 is 0. The summed E-state index contributed by atoms with van der Waals surface area (Å²) in [6.07, 6.45) is 0. The Balaban J connectivity index is 0. The molecule has 0 atom stereocenters. The van der Waals surface area contributed by atoms with E-state index in [0.717, 1.165) is 0 Å². The monoisotopic (exact) mass is 349 g/mol. The van der Waals surface area contributed by atoms with Crippen LogP contribution in [0.25, 0.3) is 0 Å². The van der Waals surface area contributed by atoms with E-state index in [9.17, 15) is 0 Å². The van der Waals surface area contributed by atoms with Gasteiger partial charge in [0.05, 0.1) is 26.3 Å². The summed E-state index contributed by atoms with van der Waals surface area (Å²) in [6.45, 7) is 4.92. The van der Waals surface area contributed by atoms with Crippen LogP contribution < -0.4 is 22.9 Å². The molecule has 0 aliphatic heterocycles. The summed E-state index contributed by atoms with van der Waals surface area (Å²) in [5, 5.41) is 0. The van der Waals surface area contributed by atoms with Crippen LogP contribution >= 0.6 is 0 Å². The number of rotatable bonds is 5. The molecule has 11 heteroatoms. The van der Waals surface area contributed by atoms with Crippen LogP contribution in [0.1, 0.15) is 13.8 Å². The minimum absolute atomic E-state index is 0. The Morgan fingerprint density at radius 3 is 1.38 bits per heavy atom. The topological polar surface area (TPSA) is 172 Å². The van der Waals surface area contributed by atoms with E-state index in [1.54, 1.807) is 13.8 Å². The molecule has 8 N–H and O–H groups in total. The summed E-state index contributed by atoms with van der Waals surface area (Å²) in [4.78, 5) is 15.2. The van der Waals surface area contributed by atoms with Gasteiger partial charge in [0.2, 0.25) is 11.9 Å². The fourth-order valence-corrected chi connectivity index (χ4v) is 0.986. The molecule has 0 aromatic heterocycles. The molecule has 123 valence electrons. The van der Waals surface area contributed by atoms with E-state index in [-0.39, 0.29) is 54.1 Å². The Bertz CT molecular complexity index is 370. The van der Waals surface area contributed by atoms with E-state index in [1.165, 1.54) is 0 Å². The van der Waals surface area contributed by atoms with Crippen molar-refractivity contribution in [1.82, 2.24) is 0 Å². The van der Waals surface area contributed by atoms with E-state index in [0.29, 0.717) is 13.2 Å². The molecular weight excluding hydrogens is 328 g/mol. The molecular formula is C10H22CuN8O2+2. The first-order chi connectivity index (χ1) is 9.49. The largest absolute Gasteiger partial charge is 2.00 e. The molecule has 0 heterocycles. The Labute approximate surface area is 134 Å². The molecule has 0 aliphatic rings. The van der Waals surface area contributed by atoms with Crippen LogP contribution in [-0.2, 0) is 26.5 Å². The number of hydrogen-bond acceptors (Lipinski definition) is 4. The molecule has 0 saturated carbocycles. The summed E-state index contributed by atoms with van der Waals surface area (Å²) in [5.74, 6) is 0.00380. The molecule has 0 aliphatic carbocycles. The van der Waals surface area contributed by atoms with Crippen molar-refractivity contribution in [3.05, 3.63) is 0 Å². The van der Waals surface area contributed by atoms with E-state index in [2.05, 4.69) is 20.0 Å².